The van der Waals surface area contributed by atoms with Gasteiger partial charge in [-0.25, -0.2) is 0 Å². The zero-order chi connectivity index (χ0) is 11.1. The fourth-order valence-electron chi connectivity index (χ4n) is 3.21. The number of carbonyl (C=O) groups is 1. The van der Waals surface area contributed by atoms with Crippen molar-refractivity contribution in [2.24, 2.45) is 17.8 Å². The van der Waals surface area contributed by atoms with Gasteiger partial charge in [0, 0.05) is 17.2 Å². The monoisotopic (exact) mass is 298 g/mol. The maximum absolute atomic E-state index is 12.1. The Morgan fingerprint density at radius 1 is 1.31 bits per heavy atom. The lowest BCUT2D eigenvalue weighted by Gasteiger charge is -2.04. The van der Waals surface area contributed by atoms with E-state index in [4.69, 9.17) is 0 Å². The number of Topliss-reactive ketones (excluding diaryl/α,β-unsaturated/α-hetero) is 1. The van der Waals surface area contributed by atoms with E-state index in [-0.39, 0.29) is 0 Å². The van der Waals surface area contributed by atoms with E-state index in [0.29, 0.717) is 18.1 Å². The van der Waals surface area contributed by atoms with Crippen molar-refractivity contribution in [1.82, 2.24) is 0 Å². The molecule has 0 aromatic carbocycles. The lowest BCUT2D eigenvalue weighted by molar-refractivity contribution is -0.120. The highest BCUT2D eigenvalue weighted by atomic mass is 79.9. The van der Waals surface area contributed by atoms with Crippen LogP contribution in [0.3, 0.4) is 0 Å². The Bertz CT molecular complexity index is 400. The highest BCUT2D eigenvalue weighted by Crippen LogP contribution is 2.56. The zero-order valence-electron chi connectivity index (χ0n) is 9.12. The molecule has 0 bridgehead atoms. The van der Waals surface area contributed by atoms with E-state index in [1.54, 1.807) is 11.3 Å². The Hall–Kier alpha value is -0.150. The maximum atomic E-state index is 12.1. The van der Waals surface area contributed by atoms with Crippen molar-refractivity contribution in [3.05, 3.63) is 20.8 Å². The first-order valence-corrected chi connectivity index (χ1v) is 7.63. The van der Waals surface area contributed by atoms with Gasteiger partial charge in [-0.3, -0.25) is 4.79 Å². The number of halogens is 1. The Morgan fingerprint density at radius 3 is 2.56 bits per heavy atom. The van der Waals surface area contributed by atoms with Crippen molar-refractivity contribution in [2.75, 3.05) is 0 Å². The molecular weight excluding hydrogens is 284 g/mol. The van der Waals surface area contributed by atoms with Crippen molar-refractivity contribution in [1.29, 1.82) is 0 Å². The second-order valence-corrected chi connectivity index (χ2v) is 7.53. The molecule has 0 saturated heterocycles. The van der Waals surface area contributed by atoms with Gasteiger partial charge in [-0.15, -0.1) is 11.3 Å². The molecule has 1 heterocycles. The summed E-state index contributed by atoms with van der Waals surface area (Å²) >= 11 is 5.13. The van der Waals surface area contributed by atoms with Gasteiger partial charge >= 0.3 is 0 Å². The molecule has 86 valence electrons. The van der Waals surface area contributed by atoms with Gasteiger partial charge in [0.2, 0.25) is 0 Å². The molecule has 0 N–H and O–H groups in total. The van der Waals surface area contributed by atoms with E-state index in [1.807, 2.05) is 6.07 Å². The second-order valence-electron chi connectivity index (χ2n) is 4.99. The van der Waals surface area contributed by atoms with Crippen LogP contribution in [0.15, 0.2) is 15.9 Å². The highest BCUT2D eigenvalue weighted by molar-refractivity contribution is 9.11. The fraction of sp³-hybridized carbons (Fsp3) is 0.615. The molecule has 2 saturated carbocycles. The Kier molecular flexibility index (Phi) is 2.92. The Labute approximate surface area is 108 Å². The molecule has 2 unspecified atom stereocenters. The van der Waals surface area contributed by atoms with Crippen LogP contribution in [0.2, 0.25) is 0 Å². The average molecular weight is 299 g/mol. The summed E-state index contributed by atoms with van der Waals surface area (Å²) in [5.41, 5.74) is 0. The molecule has 0 amide bonds. The van der Waals surface area contributed by atoms with E-state index in [9.17, 15) is 4.79 Å². The minimum absolute atomic E-state index is 0.420. The molecule has 1 nitrogen and oxygen atoms in total. The van der Waals surface area contributed by atoms with Crippen LogP contribution in [0, 0.1) is 17.8 Å². The van der Waals surface area contributed by atoms with Gasteiger partial charge in [0.15, 0.2) is 0 Å². The molecule has 3 heteroatoms. The standard InChI is InChI=1S/C13H15BrOS/c14-12-6-5-8(16-12)7-11(15)13-9-3-1-2-4-10(9)13/h5-6,9-10,13H,1-4,7H2. The molecule has 0 spiro atoms. The van der Waals surface area contributed by atoms with Crippen LogP contribution in [0.25, 0.3) is 0 Å². The fourth-order valence-corrected chi connectivity index (χ4v) is 4.70. The topological polar surface area (TPSA) is 17.1 Å². The Balaban J connectivity index is 1.62. The largest absolute Gasteiger partial charge is 0.299 e. The van der Waals surface area contributed by atoms with Crippen LogP contribution < -0.4 is 0 Å². The van der Waals surface area contributed by atoms with Crippen molar-refractivity contribution >= 4 is 33.0 Å². The number of carbonyl (C=O) groups excluding carboxylic acids is 1. The van der Waals surface area contributed by atoms with E-state index < -0.39 is 0 Å². The van der Waals surface area contributed by atoms with Gasteiger partial charge in [-0.2, -0.15) is 0 Å². The van der Waals surface area contributed by atoms with Crippen molar-refractivity contribution in [3.8, 4) is 0 Å². The molecule has 2 fully saturated rings. The molecule has 16 heavy (non-hydrogen) atoms. The minimum atomic E-state index is 0.420. The number of fused-ring (bicyclic) bond motifs is 1. The number of hydrogen-bond donors (Lipinski definition) is 0. The van der Waals surface area contributed by atoms with Crippen molar-refractivity contribution in [3.63, 3.8) is 0 Å². The first-order valence-electron chi connectivity index (χ1n) is 6.02. The second kappa shape index (κ2) is 4.26. The van der Waals surface area contributed by atoms with Crippen LogP contribution in [0.5, 0.6) is 0 Å². The SMILES string of the molecule is O=C(Cc1ccc(Br)s1)C1C2CCCCC21. The van der Waals surface area contributed by atoms with Crippen LogP contribution >= 0.6 is 27.3 Å². The third-order valence-electron chi connectivity index (χ3n) is 4.01. The van der Waals surface area contributed by atoms with E-state index >= 15 is 0 Å². The number of ketones is 1. The summed E-state index contributed by atoms with van der Waals surface area (Å²) in [6, 6.07) is 4.10. The van der Waals surface area contributed by atoms with Gasteiger partial charge in [0.1, 0.15) is 5.78 Å². The predicted molar refractivity (Wildman–Crippen MR) is 69.7 cm³/mol. The van der Waals surface area contributed by atoms with Gasteiger partial charge in [-0.05, 0) is 52.7 Å². The third-order valence-corrected chi connectivity index (χ3v) is 5.63. The molecule has 1 aromatic rings. The first kappa shape index (κ1) is 11.0. The molecule has 2 aliphatic carbocycles. The molecule has 2 aliphatic rings. The number of thiophene rings is 1. The van der Waals surface area contributed by atoms with Gasteiger partial charge < -0.3 is 0 Å². The molecule has 0 aliphatic heterocycles. The lowest BCUT2D eigenvalue weighted by atomic mass is 10.0. The molecule has 3 rings (SSSR count). The number of hydrogen-bond acceptors (Lipinski definition) is 2. The maximum Gasteiger partial charge on any atom is 0.141 e. The van der Waals surface area contributed by atoms with E-state index in [2.05, 4.69) is 22.0 Å². The van der Waals surface area contributed by atoms with E-state index in [0.717, 1.165) is 15.6 Å². The van der Waals surface area contributed by atoms with Gasteiger partial charge in [-0.1, -0.05) is 12.8 Å². The molecular formula is C13H15BrOS. The van der Waals surface area contributed by atoms with Crippen LogP contribution in [-0.2, 0) is 11.2 Å². The summed E-state index contributed by atoms with van der Waals surface area (Å²) in [6.07, 6.45) is 5.95. The summed E-state index contributed by atoms with van der Waals surface area (Å²) in [6.45, 7) is 0. The van der Waals surface area contributed by atoms with Gasteiger partial charge in [0.05, 0.1) is 3.79 Å². The zero-order valence-corrected chi connectivity index (χ0v) is 11.5. The van der Waals surface area contributed by atoms with Crippen LogP contribution in [-0.4, -0.2) is 5.78 Å². The smallest absolute Gasteiger partial charge is 0.141 e. The normalized spacial score (nSPS) is 32.2. The average Bonchev–Trinajstić information content (AvgIpc) is 2.88. The summed E-state index contributed by atoms with van der Waals surface area (Å²) < 4.78 is 1.13. The quantitative estimate of drug-likeness (QED) is 0.822. The summed E-state index contributed by atoms with van der Waals surface area (Å²) in [5.74, 6) is 2.42. The summed E-state index contributed by atoms with van der Waals surface area (Å²) in [5, 5.41) is 0. The third kappa shape index (κ3) is 2.00. The van der Waals surface area contributed by atoms with E-state index in [1.165, 1.54) is 30.6 Å². The Morgan fingerprint density at radius 2 is 2.00 bits per heavy atom. The van der Waals surface area contributed by atoms with Gasteiger partial charge in [0.25, 0.3) is 0 Å². The summed E-state index contributed by atoms with van der Waals surface area (Å²) in [4.78, 5) is 13.4. The van der Waals surface area contributed by atoms with Crippen molar-refractivity contribution in [2.45, 2.75) is 32.1 Å². The number of rotatable bonds is 3. The van der Waals surface area contributed by atoms with Crippen molar-refractivity contribution < 1.29 is 4.79 Å². The highest BCUT2D eigenvalue weighted by Gasteiger charge is 2.53. The predicted octanol–water partition coefficient (Wildman–Crippen LogP) is 4.06. The van der Waals surface area contributed by atoms with Crippen LogP contribution in [0.4, 0.5) is 0 Å². The molecule has 0 radical (unpaired) electrons. The lowest BCUT2D eigenvalue weighted by Crippen LogP contribution is -2.06. The summed E-state index contributed by atoms with van der Waals surface area (Å²) in [7, 11) is 0. The molecule has 1 aromatic heterocycles. The minimum Gasteiger partial charge on any atom is -0.299 e. The first-order chi connectivity index (χ1) is 7.75. The molecule has 2 atom stereocenters. The van der Waals surface area contributed by atoms with Crippen LogP contribution in [0.1, 0.15) is 30.6 Å².